The van der Waals surface area contributed by atoms with Crippen LogP contribution in [0, 0.1) is 0 Å². The van der Waals surface area contributed by atoms with Crippen LogP contribution in [0.1, 0.15) is 32.8 Å². The lowest BCUT2D eigenvalue weighted by molar-refractivity contribution is 0.0243. The van der Waals surface area contributed by atoms with Crippen molar-refractivity contribution in [3.63, 3.8) is 0 Å². The summed E-state index contributed by atoms with van der Waals surface area (Å²) in [7, 11) is 0. The van der Waals surface area contributed by atoms with E-state index in [1.807, 2.05) is 51.1 Å². The number of aliphatic hydroxyl groups excluding tert-OH is 1. The zero-order valence-corrected chi connectivity index (χ0v) is 12.6. The standard InChI is InChI=1S/C16H25NO3/c1-16(2,3)20-15(19)17(11-7-13-18)12-10-14-8-5-4-6-9-14/h4-6,8-9,18H,7,10-13H2,1-3H3. The van der Waals surface area contributed by atoms with Crippen LogP contribution in [0.5, 0.6) is 0 Å². The molecule has 0 fully saturated rings. The highest BCUT2D eigenvalue weighted by Crippen LogP contribution is 2.11. The number of rotatable bonds is 6. The van der Waals surface area contributed by atoms with E-state index >= 15 is 0 Å². The van der Waals surface area contributed by atoms with Gasteiger partial charge >= 0.3 is 6.09 Å². The van der Waals surface area contributed by atoms with Crippen molar-refractivity contribution >= 4 is 6.09 Å². The largest absolute Gasteiger partial charge is 0.444 e. The van der Waals surface area contributed by atoms with E-state index in [1.54, 1.807) is 4.90 Å². The maximum atomic E-state index is 12.1. The van der Waals surface area contributed by atoms with E-state index in [4.69, 9.17) is 9.84 Å². The Morgan fingerprint density at radius 2 is 1.85 bits per heavy atom. The molecule has 0 heterocycles. The Balaban J connectivity index is 2.57. The second kappa shape index (κ2) is 7.90. The molecule has 0 spiro atoms. The molecule has 0 aromatic heterocycles. The number of hydrogen-bond acceptors (Lipinski definition) is 3. The van der Waals surface area contributed by atoms with Gasteiger partial charge in [0.1, 0.15) is 5.60 Å². The smallest absolute Gasteiger partial charge is 0.410 e. The SMILES string of the molecule is CC(C)(C)OC(=O)N(CCCO)CCc1ccccc1. The van der Waals surface area contributed by atoms with Gasteiger partial charge in [-0.3, -0.25) is 0 Å². The maximum Gasteiger partial charge on any atom is 0.410 e. The molecule has 0 unspecified atom stereocenters. The molecule has 0 atom stereocenters. The minimum absolute atomic E-state index is 0.0740. The quantitative estimate of drug-likeness (QED) is 0.871. The molecule has 0 aliphatic heterocycles. The van der Waals surface area contributed by atoms with Crippen LogP contribution < -0.4 is 0 Å². The van der Waals surface area contributed by atoms with Gasteiger partial charge in [-0.1, -0.05) is 30.3 Å². The minimum atomic E-state index is -0.499. The molecule has 0 aliphatic carbocycles. The molecule has 0 bridgehead atoms. The molecule has 0 aliphatic rings. The lowest BCUT2D eigenvalue weighted by Gasteiger charge is -2.27. The number of nitrogens with zero attached hydrogens (tertiary/aromatic N) is 1. The summed E-state index contributed by atoms with van der Waals surface area (Å²) >= 11 is 0. The summed E-state index contributed by atoms with van der Waals surface area (Å²) in [6.07, 6.45) is 1.03. The van der Waals surface area contributed by atoms with Crippen LogP contribution in [-0.4, -0.2) is 41.4 Å². The Morgan fingerprint density at radius 3 is 2.40 bits per heavy atom. The van der Waals surface area contributed by atoms with Crippen LogP contribution in [0.3, 0.4) is 0 Å². The summed E-state index contributed by atoms with van der Waals surface area (Å²) in [5.41, 5.74) is 0.687. The molecular formula is C16H25NO3. The fraction of sp³-hybridized carbons (Fsp3) is 0.562. The van der Waals surface area contributed by atoms with Gasteiger partial charge in [-0.15, -0.1) is 0 Å². The van der Waals surface area contributed by atoms with Gasteiger partial charge < -0.3 is 14.7 Å². The third-order valence-corrected chi connectivity index (χ3v) is 2.75. The first-order chi connectivity index (χ1) is 9.42. The molecule has 1 aromatic rings. The van der Waals surface area contributed by atoms with E-state index in [-0.39, 0.29) is 12.7 Å². The van der Waals surface area contributed by atoms with Crippen molar-refractivity contribution in [1.82, 2.24) is 4.90 Å². The summed E-state index contributed by atoms with van der Waals surface area (Å²) in [6.45, 7) is 6.74. The maximum absolute atomic E-state index is 12.1. The first-order valence-electron chi connectivity index (χ1n) is 7.05. The predicted molar refractivity (Wildman–Crippen MR) is 79.7 cm³/mol. The summed E-state index contributed by atoms with van der Waals surface area (Å²) < 4.78 is 5.39. The Labute approximate surface area is 121 Å². The summed E-state index contributed by atoms with van der Waals surface area (Å²) in [5, 5.41) is 8.94. The number of carbonyl (C=O) groups excluding carboxylic acids is 1. The molecule has 0 saturated carbocycles. The molecule has 1 N–H and O–H groups in total. The van der Waals surface area contributed by atoms with E-state index in [0.29, 0.717) is 19.5 Å². The van der Waals surface area contributed by atoms with Gasteiger partial charge in [0, 0.05) is 19.7 Å². The van der Waals surface area contributed by atoms with Crippen molar-refractivity contribution in [2.45, 2.75) is 39.2 Å². The van der Waals surface area contributed by atoms with E-state index in [9.17, 15) is 4.79 Å². The van der Waals surface area contributed by atoms with Crippen LogP contribution >= 0.6 is 0 Å². The van der Waals surface area contributed by atoms with Crippen molar-refractivity contribution in [1.29, 1.82) is 0 Å². The normalized spacial score (nSPS) is 11.2. The fourth-order valence-electron chi connectivity index (χ4n) is 1.79. The van der Waals surface area contributed by atoms with Gasteiger partial charge in [-0.25, -0.2) is 4.79 Å². The monoisotopic (exact) mass is 279 g/mol. The number of ether oxygens (including phenoxy) is 1. The van der Waals surface area contributed by atoms with E-state index < -0.39 is 5.60 Å². The van der Waals surface area contributed by atoms with E-state index in [0.717, 1.165) is 6.42 Å². The highest BCUT2D eigenvalue weighted by atomic mass is 16.6. The molecule has 0 saturated heterocycles. The fourth-order valence-corrected chi connectivity index (χ4v) is 1.79. The first kappa shape index (κ1) is 16.5. The Kier molecular flexibility index (Phi) is 6.52. The van der Waals surface area contributed by atoms with Crippen molar-refractivity contribution < 1.29 is 14.6 Å². The molecular weight excluding hydrogens is 254 g/mol. The average molecular weight is 279 g/mol. The minimum Gasteiger partial charge on any atom is -0.444 e. The molecule has 1 rings (SSSR count). The Hall–Kier alpha value is -1.55. The second-order valence-corrected chi connectivity index (χ2v) is 5.78. The van der Waals surface area contributed by atoms with Crippen LogP contribution in [0.15, 0.2) is 30.3 Å². The zero-order valence-electron chi connectivity index (χ0n) is 12.6. The average Bonchev–Trinajstić information content (AvgIpc) is 2.38. The van der Waals surface area contributed by atoms with Crippen LogP contribution in [-0.2, 0) is 11.2 Å². The van der Waals surface area contributed by atoms with Crippen molar-refractivity contribution in [3.05, 3.63) is 35.9 Å². The number of aliphatic hydroxyl groups is 1. The predicted octanol–water partition coefficient (Wildman–Crippen LogP) is 2.85. The van der Waals surface area contributed by atoms with Crippen LogP contribution in [0.2, 0.25) is 0 Å². The van der Waals surface area contributed by atoms with Crippen LogP contribution in [0.4, 0.5) is 4.79 Å². The topological polar surface area (TPSA) is 49.8 Å². The molecule has 1 aromatic carbocycles. The van der Waals surface area contributed by atoms with Crippen LogP contribution in [0.25, 0.3) is 0 Å². The number of hydrogen-bond donors (Lipinski definition) is 1. The molecule has 0 radical (unpaired) electrons. The van der Waals surface area contributed by atoms with E-state index in [2.05, 4.69) is 0 Å². The highest BCUT2D eigenvalue weighted by molar-refractivity contribution is 5.68. The van der Waals surface area contributed by atoms with Gasteiger partial charge in [0.2, 0.25) is 0 Å². The van der Waals surface area contributed by atoms with Crippen molar-refractivity contribution in [3.8, 4) is 0 Å². The van der Waals surface area contributed by atoms with E-state index in [1.165, 1.54) is 5.56 Å². The van der Waals surface area contributed by atoms with Gasteiger partial charge in [0.05, 0.1) is 0 Å². The molecule has 20 heavy (non-hydrogen) atoms. The summed E-state index contributed by atoms with van der Waals surface area (Å²) in [6, 6.07) is 10.0. The number of amides is 1. The Morgan fingerprint density at radius 1 is 1.20 bits per heavy atom. The molecule has 112 valence electrons. The van der Waals surface area contributed by atoms with Crippen molar-refractivity contribution in [2.75, 3.05) is 19.7 Å². The summed E-state index contributed by atoms with van der Waals surface area (Å²) in [5.74, 6) is 0. The first-order valence-corrected chi connectivity index (χ1v) is 7.05. The molecule has 1 amide bonds. The van der Waals surface area contributed by atoms with Crippen molar-refractivity contribution in [2.24, 2.45) is 0 Å². The zero-order chi connectivity index (χ0) is 15.0. The highest BCUT2D eigenvalue weighted by Gasteiger charge is 2.21. The van der Waals surface area contributed by atoms with Gasteiger partial charge in [0.25, 0.3) is 0 Å². The molecule has 4 heteroatoms. The third-order valence-electron chi connectivity index (χ3n) is 2.75. The second-order valence-electron chi connectivity index (χ2n) is 5.78. The lowest BCUT2D eigenvalue weighted by atomic mass is 10.1. The molecule has 4 nitrogen and oxygen atoms in total. The summed E-state index contributed by atoms with van der Waals surface area (Å²) in [4.78, 5) is 13.8. The van der Waals surface area contributed by atoms with Gasteiger partial charge in [0.15, 0.2) is 0 Å². The van der Waals surface area contributed by atoms with Gasteiger partial charge in [-0.05, 0) is 39.2 Å². The number of carbonyl (C=O) groups is 1. The lowest BCUT2D eigenvalue weighted by Crippen LogP contribution is -2.38. The Bertz CT molecular complexity index is 398. The third kappa shape index (κ3) is 6.57. The van der Waals surface area contributed by atoms with Gasteiger partial charge in [-0.2, -0.15) is 0 Å². The number of benzene rings is 1.